The minimum atomic E-state index is -0.442. The summed E-state index contributed by atoms with van der Waals surface area (Å²) < 4.78 is 0. The van der Waals surface area contributed by atoms with Crippen LogP contribution in [-0.2, 0) is 6.42 Å². The summed E-state index contributed by atoms with van der Waals surface area (Å²) >= 11 is 0. The molecule has 6 heteroatoms. The number of para-hydroxylation sites is 1. The van der Waals surface area contributed by atoms with Crippen LogP contribution in [0.5, 0.6) is 0 Å². The number of non-ortho nitro benzene ring substituents is 1. The molecule has 0 N–H and O–H groups in total. The van der Waals surface area contributed by atoms with Crippen molar-refractivity contribution in [1.82, 2.24) is 0 Å². The minimum Gasteiger partial charge on any atom is -0.371 e. The first kappa shape index (κ1) is 15.6. The van der Waals surface area contributed by atoms with Gasteiger partial charge in [-0.15, -0.1) is 0 Å². The number of hydrogen-bond acceptors (Lipinski definition) is 4. The Morgan fingerprint density at radius 2 is 1.76 bits per heavy atom. The summed E-state index contributed by atoms with van der Waals surface area (Å²) in [6, 6.07) is 12.5. The van der Waals surface area contributed by atoms with E-state index in [0.29, 0.717) is 12.1 Å². The summed E-state index contributed by atoms with van der Waals surface area (Å²) in [5.41, 5.74) is 3.24. The van der Waals surface area contributed by atoms with Crippen LogP contribution in [0.25, 0.3) is 0 Å². The molecule has 4 rings (SSSR count). The molecular formula is C19H19N3O3. The predicted octanol–water partition coefficient (Wildman–Crippen LogP) is 3.40. The van der Waals surface area contributed by atoms with Crippen LogP contribution < -0.4 is 9.80 Å². The maximum Gasteiger partial charge on any atom is 0.270 e. The van der Waals surface area contributed by atoms with Crippen molar-refractivity contribution in [2.75, 3.05) is 29.4 Å². The van der Waals surface area contributed by atoms with Gasteiger partial charge in [0.2, 0.25) is 0 Å². The molecule has 0 aliphatic carbocycles. The van der Waals surface area contributed by atoms with Crippen LogP contribution in [0.1, 0.15) is 28.8 Å². The molecule has 0 saturated carbocycles. The third-order valence-corrected chi connectivity index (χ3v) is 5.00. The van der Waals surface area contributed by atoms with E-state index >= 15 is 0 Å². The van der Waals surface area contributed by atoms with E-state index in [1.54, 1.807) is 11.0 Å². The fourth-order valence-electron chi connectivity index (χ4n) is 3.74. The topological polar surface area (TPSA) is 66.7 Å². The van der Waals surface area contributed by atoms with Gasteiger partial charge >= 0.3 is 0 Å². The van der Waals surface area contributed by atoms with Gasteiger partial charge in [0.05, 0.1) is 16.2 Å². The molecule has 0 radical (unpaired) electrons. The Labute approximate surface area is 145 Å². The van der Waals surface area contributed by atoms with E-state index in [1.807, 2.05) is 24.3 Å². The van der Waals surface area contributed by atoms with Crippen molar-refractivity contribution in [1.29, 1.82) is 0 Å². The van der Waals surface area contributed by atoms with Crippen LogP contribution in [0.2, 0.25) is 0 Å². The molecule has 2 aliphatic rings. The first-order valence-electron chi connectivity index (χ1n) is 8.58. The zero-order valence-corrected chi connectivity index (χ0v) is 13.9. The molecule has 0 aromatic heterocycles. The van der Waals surface area contributed by atoms with Gasteiger partial charge in [-0.1, -0.05) is 18.2 Å². The molecule has 2 aromatic rings. The molecule has 25 heavy (non-hydrogen) atoms. The fraction of sp³-hybridized carbons (Fsp3) is 0.316. The average molecular weight is 337 g/mol. The number of fused-ring (bicyclic) bond motifs is 1. The standard InChI is InChI=1S/C19H19N3O3/c23-19(21-12-9-14-5-1-2-6-17(14)21)16-13-15(22(24)25)7-8-18(16)20-10-3-4-11-20/h1-2,5-8,13H,3-4,9-12H2. The second-order valence-corrected chi connectivity index (χ2v) is 6.49. The van der Waals surface area contributed by atoms with E-state index in [2.05, 4.69) is 4.90 Å². The number of hydrogen-bond donors (Lipinski definition) is 0. The fourth-order valence-corrected chi connectivity index (χ4v) is 3.74. The molecule has 0 atom stereocenters. The molecule has 1 saturated heterocycles. The molecule has 2 aliphatic heterocycles. The van der Waals surface area contributed by atoms with Crippen LogP contribution in [0.3, 0.4) is 0 Å². The Morgan fingerprint density at radius 1 is 1.00 bits per heavy atom. The van der Waals surface area contributed by atoms with Crippen LogP contribution >= 0.6 is 0 Å². The number of amides is 1. The van der Waals surface area contributed by atoms with E-state index < -0.39 is 4.92 Å². The van der Waals surface area contributed by atoms with Gasteiger partial charge in [-0.2, -0.15) is 0 Å². The van der Waals surface area contributed by atoms with Crippen LogP contribution in [0, 0.1) is 10.1 Å². The first-order valence-corrected chi connectivity index (χ1v) is 8.58. The maximum atomic E-state index is 13.2. The molecule has 128 valence electrons. The third-order valence-electron chi connectivity index (χ3n) is 5.00. The van der Waals surface area contributed by atoms with Crippen molar-refractivity contribution < 1.29 is 9.72 Å². The van der Waals surface area contributed by atoms with Gasteiger partial charge in [-0.25, -0.2) is 0 Å². The zero-order valence-electron chi connectivity index (χ0n) is 13.9. The average Bonchev–Trinajstić information content (AvgIpc) is 3.30. The highest BCUT2D eigenvalue weighted by atomic mass is 16.6. The molecule has 0 unspecified atom stereocenters. The van der Waals surface area contributed by atoms with E-state index in [4.69, 9.17) is 0 Å². The highest BCUT2D eigenvalue weighted by molar-refractivity contribution is 6.11. The monoisotopic (exact) mass is 337 g/mol. The number of anilines is 2. The van der Waals surface area contributed by atoms with E-state index in [1.165, 1.54) is 12.1 Å². The summed E-state index contributed by atoms with van der Waals surface area (Å²) in [5.74, 6) is -0.157. The van der Waals surface area contributed by atoms with Crippen molar-refractivity contribution in [3.8, 4) is 0 Å². The van der Waals surface area contributed by atoms with E-state index in [0.717, 1.165) is 49.3 Å². The third kappa shape index (κ3) is 2.73. The largest absolute Gasteiger partial charge is 0.371 e. The molecule has 0 spiro atoms. The van der Waals surface area contributed by atoms with Gasteiger partial charge in [0.15, 0.2) is 0 Å². The number of nitro groups is 1. The maximum absolute atomic E-state index is 13.2. The molecule has 1 amide bonds. The number of nitro benzene ring substituents is 1. The Bertz CT molecular complexity index is 844. The van der Waals surface area contributed by atoms with Gasteiger partial charge in [-0.3, -0.25) is 14.9 Å². The molecule has 0 bridgehead atoms. The van der Waals surface area contributed by atoms with Crippen molar-refractivity contribution >= 4 is 23.0 Å². The highest BCUT2D eigenvalue weighted by Gasteiger charge is 2.29. The number of rotatable bonds is 3. The van der Waals surface area contributed by atoms with Gasteiger partial charge in [-0.05, 0) is 37.0 Å². The van der Waals surface area contributed by atoms with Crippen molar-refractivity contribution in [2.24, 2.45) is 0 Å². The highest BCUT2D eigenvalue weighted by Crippen LogP contribution is 2.33. The van der Waals surface area contributed by atoms with Crippen LogP contribution in [0.15, 0.2) is 42.5 Å². The lowest BCUT2D eigenvalue weighted by atomic mass is 10.1. The van der Waals surface area contributed by atoms with Crippen LogP contribution in [-0.4, -0.2) is 30.5 Å². The Balaban J connectivity index is 1.76. The minimum absolute atomic E-state index is 0.0428. The summed E-state index contributed by atoms with van der Waals surface area (Å²) in [6.45, 7) is 2.38. The lowest BCUT2D eigenvalue weighted by molar-refractivity contribution is -0.384. The summed E-state index contributed by atoms with van der Waals surface area (Å²) in [5, 5.41) is 11.2. The number of benzene rings is 2. The molecule has 2 heterocycles. The number of carbonyl (C=O) groups excluding carboxylic acids is 1. The van der Waals surface area contributed by atoms with Gasteiger partial charge in [0.25, 0.3) is 11.6 Å². The lowest BCUT2D eigenvalue weighted by Crippen LogP contribution is -2.31. The SMILES string of the molecule is O=C(c1cc([N+](=O)[O-])ccc1N1CCCC1)N1CCc2ccccc21. The molecular weight excluding hydrogens is 318 g/mol. The zero-order chi connectivity index (χ0) is 17.4. The molecule has 2 aromatic carbocycles. The first-order chi connectivity index (χ1) is 12.1. The van der Waals surface area contributed by atoms with Gasteiger partial charge in [0.1, 0.15) is 0 Å². The molecule has 6 nitrogen and oxygen atoms in total. The summed E-state index contributed by atoms with van der Waals surface area (Å²) in [4.78, 5) is 27.9. The van der Waals surface area contributed by atoms with Crippen molar-refractivity contribution in [3.05, 3.63) is 63.7 Å². The smallest absolute Gasteiger partial charge is 0.270 e. The van der Waals surface area contributed by atoms with E-state index in [9.17, 15) is 14.9 Å². The quantitative estimate of drug-likeness (QED) is 0.636. The Morgan fingerprint density at radius 3 is 2.52 bits per heavy atom. The van der Waals surface area contributed by atoms with Crippen LogP contribution in [0.4, 0.5) is 17.1 Å². The van der Waals surface area contributed by atoms with Gasteiger partial charge in [0, 0.05) is 37.5 Å². The number of carbonyl (C=O) groups is 1. The van der Waals surface area contributed by atoms with Crippen molar-refractivity contribution in [2.45, 2.75) is 19.3 Å². The summed E-state index contributed by atoms with van der Waals surface area (Å²) in [7, 11) is 0. The van der Waals surface area contributed by atoms with Gasteiger partial charge < -0.3 is 9.80 Å². The Hall–Kier alpha value is -2.89. The van der Waals surface area contributed by atoms with Crippen molar-refractivity contribution in [3.63, 3.8) is 0 Å². The van der Waals surface area contributed by atoms with E-state index in [-0.39, 0.29) is 11.6 Å². The second-order valence-electron chi connectivity index (χ2n) is 6.49. The number of nitrogens with zero attached hydrogens (tertiary/aromatic N) is 3. The second kappa shape index (κ2) is 6.20. The Kier molecular flexibility index (Phi) is 3.87. The normalized spacial score (nSPS) is 16.2. The summed E-state index contributed by atoms with van der Waals surface area (Å²) in [6.07, 6.45) is 2.98. The predicted molar refractivity (Wildman–Crippen MR) is 96.4 cm³/mol. The molecule has 1 fully saturated rings. The lowest BCUT2D eigenvalue weighted by Gasteiger charge is -2.24.